The molecule has 0 amide bonds. The fraction of sp³-hybridized carbons (Fsp3) is 0.600. The van der Waals surface area contributed by atoms with Crippen LogP contribution in [0.2, 0.25) is 0 Å². The molecule has 1 aromatic carbocycles. The van der Waals surface area contributed by atoms with Gasteiger partial charge >= 0.3 is 0 Å². The minimum atomic E-state index is 0.570. The van der Waals surface area contributed by atoms with E-state index in [1.54, 1.807) is 0 Å². The molecule has 2 N–H and O–H groups in total. The van der Waals surface area contributed by atoms with Crippen LogP contribution in [0.15, 0.2) is 30.3 Å². The summed E-state index contributed by atoms with van der Waals surface area (Å²) < 4.78 is 0. The Labute approximate surface area is 111 Å². The van der Waals surface area contributed by atoms with Gasteiger partial charge in [-0.15, -0.1) is 0 Å². The first-order chi connectivity index (χ1) is 8.70. The average Bonchev–Trinajstić information content (AvgIpc) is 2.51. The molecular weight excluding hydrogens is 222 g/mol. The summed E-state index contributed by atoms with van der Waals surface area (Å²) >= 11 is 0. The van der Waals surface area contributed by atoms with E-state index in [2.05, 4.69) is 54.1 Å². The Balaban J connectivity index is 2.14. The maximum atomic E-state index is 5.75. The molecule has 2 atom stereocenters. The predicted octanol–water partition coefficient (Wildman–Crippen LogP) is 1.79. The zero-order valence-electron chi connectivity index (χ0n) is 11.5. The maximum absolute atomic E-state index is 5.75. The van der Waals surface area contributed by atoms with E-state index in [9.17, 15) is 0 Å². The topological polar surface area (TPSA) is 32.5 Å². The van der Waals surface area contributed by atoms with E-state index in [1.807, 2.05) is 0 Å². The number of anilines is 1. The molecule has 0 spiro atoms. The van der Waals surface area contributed by atoms with Gasteiger partial charge in [0.15, 0.2) is 0 Å². The Morgan fingerprint density at radius 3 is 2.56 bits per heavy atom. The third-order valence-corrected chi connectivity index (χ3v) is 3.81. The van der Waals surface area contributed by atoms with Crippen molar-refractivity contribution in [3.05, 3.63) is 30.3 Å². The minimum absolute atomic E-state index is 0.570. The molecule has 0 radical (unpaired) electrons. The number of benzene rings is 1. The van der Waals surface area contributed by atoms with Crippen LogP contribution in [-0.2, 0) is 0 Å². The van der Waals surface area contributed by atoms with Crippen molar-refractivity contribution in [2.75, 3.05) is 38.1 Å². The van der Waals surface area contributed by atoms with Gasteiger partial charge in [-0.25, -0.2) is 0 Å². The van der Waals surface area contributed by atoms with Crippen LogP contribution in [0.5, 0.6) is 0 Å². The molecule has 1 aliphatic heterocycles. The van der Waals surface area contributed by atoms with Crippen LogP contribution in [0.25, 0.3) is 0 Å². The second-order valence-electron chi connectivity index (χ2n) is 5.52. The van der Waals surface area contributed by atoms with Crippen molar-refractivity contribution in [1.29, 1.82) is 0 Å². The number of rotatable bonds is 3. The Hall–Kier alpha value is -1.06. The lowest BCUT2D eigenvalue weighted by molar-refractivity contribution is 0.231. The monoisotopic (exact) mass is 247 g/mol. The maximum Gasteiger partial charge on any atom is 0.0366 e. The number of hydrogen-bond acceptors (Lipinski definition) is 3. The molecular formula is C15H25N3. The molecule has 1 aliphatic rings. The summed E-state index contributed by atoms with van der Waals surface area (Å²) in [5.41, 5.74) is 7.08. The van der Waals surface area contributed by atoms with Gasteiger partial charge in [0.2, 0.25) is 0 Å². The van der Waals surface area contributed by atoms with Crippen LogP contribution in [0, 0.1) is 5.92 Å². The van der Waals surface area contributed by atoms with Gasteiger partial charge in [-0.05, 0) is 38.1 Å². The fourth-order valence-corrected chi connectivity index (χ4v) is 2.90. The lowest BCUT2D eigenvalue weighted by Crippen LogP contribution is -2.40. The molecule has 2 unspecified atom stereocenters. The predicted molar refractivity (Wildman–Crippen MR) is 77.9 cm³/mol. The van der Waals surface area contributed by atoms with E-state index in [0.29, 0.717) is 12.0 Å². The quantitative estimate of drug-likeness (QED) is 0.884. The van der Waals surface area contributed by atoms with Crippen molar-refractivity contribution in [3.63, 3.8) is 0 Å². The summed E-state index contributed by atoms with van der Waals surface area (Å²) in [6.07, 6.45) is 1.08. The SMILES string of the molecule is CC1CN(c2ccccc2)CC(CCN)N(C)C1. The van der Waals surface area contributed by atoms with E-state index in [4.69, 9.17) is 5.73 Å². The fourth-order valence-electron chi connectivity index (χ4n) is 2.90. The third-order valence-electron chi connectivity index (χ3n) is 3.81. The molecule has 1 saturated heterocycles. The molecule has 3 heteroatoms. The van der Waals surface area contributed by atoms with Gasteiger partial charge in [0.25, 0.3) is 0 Å². The highest BCUT2D eigenvalue weighted by Crippen LogP contribution is 2.21. The molecule has 0 saturated carbocycles. The van der Waals surface area contributed by atoms with Gasteiger partial charge in [0, 0.05) is 31.4 Å². The van der Waals surface area contributed by atoms with Gasteiger partial charge in [-0.1, -0.05) is 25.1 Å². The van der Waals surface area contributed by atoms with Crippen LogP contribution < -0.4 is 10.6 Å². The zero-order valence-corrected chi connectivity index (χ0v) is 11.5. The minimum Gasteiger partial charge on any atom is -0.370 e. The lowest BCUT2D eigenvalue weighted by atomic mass is 10.1. The van der Waals surface area contributed by atoms with Crippen LogP contribution >= 0.6 is 0 Å². The Bertz CT molecular complexity index is 352. The van der Waals surface area contributed by atoms with E-state index in [-0.39, 0.29) is 0 Å². The van der Waals surface area contributed by atoms with Gasteiger partial charge in [-0.3, -0.25) is 0 Å². The molecule has 100 valence electrons. The van der Waals surface area contributed by atoms with Gasteiger partial charge in [0.1, 0.15) is 0 Å². The summed E-state index contributed by atoms with van der Waals surface area (Å²) in [6.45, 7) is 6.48. The summed E-state index contributed by atoms with van der Waals surface area (Å²) in [7, 11) is 2.23. The first-order valence-corrected chi connectivity index (χ1v) is 6.91. The van der Waals surface area contributed by atoms with Gasteiger partial charge < -0.3 is 15.5 Å². The third kappa shape index (κ3) is 3.24. The van der Waals surface area contributed by atoms with Crippen molar-refractivity contribution in [3.8, 4) is 0 Å². The number of nitrogens with two attached hydrogens (primary N) is 1. The van der Waals surface area contributed by atoms with Crippen molar-refractivity contribution >= 4 is 5.69 Å². The first kappa shape index (κ1) is 13.4. The molecule has 1 fully saturated rings. The van der Waals surface area contributed by atoms with E-state index >= 15 is 0 Å². The van der Waals surface area contributed by atoms with Crippen molar-refractivity contribution in [2.45, 2.75) is 19.4 Å². The molecule has 0 aliphatic carbocycles. The summed E-state index contributed by atoms with van der Waals surface area (Å²) in [6, 6.07) is 11.3. The smallest absolute Gasteiger partial charge is 0.0366 e. The normalized spacial score (nSPS) is 26.1. The highest BCUT2D eigenvalue weighted by Gasteiger charge is 2.25. The van der Waals surface area contributed by atoms with Crippen molar-refractivity contribution in [2.24, 2.45) is 11.7 Å². The number of likely N-dealkylation sites (N-methyl/N-ethyl adjacent to an activating group) is 1. The molecule has 0 bridgehead atoms. The summed E-state index contributed by atoms with van der Waals surface area (Å²) in [5.74, 6) is 0.693. The van der Waals surface area contributed by atoms with Gasteiger partial charge in [0.05, 0.1) is 0 Å². The zero-order chi connectivity index (χ0) is 13.0. The summed E-state index contributed by atoms with van der Waals surface area (Å²) in [5, 5.41) is 0. The molecule has 18 heavy (non-hydrogen) atoms. The molecule has 3 nitrogen and oxygen atoms in total. The Morgan fingerprint density at radius 2 is 1.89 bits per heavy atom. The highest BCUT2D eigenvalue weighted by atomic mass is 15.2. The van der Waals surface area contributed by atoms with Crippen LogP contribution in [0.3, 0.4) is 0 Å². The Morgan fingerprint density at radius 1 is 1.17 bits per heavy atom. The van der Waals surface area contributed by atoms with E-state index in [0.717, 1.165) is 32.6 Å². The van der Waals surface area contributed by atoms with E-state index in [1.165, 1.54) is 5.69 Å². The van der Waals surface area contributed by atoms with Crippen molar-refractivity contribution in [1.82, 2.24) is 4.90 Å². The lowest BCUT2D eigenvalue weighted by Gasteiger charge is -2.29. The largest absolute Gasteiger partial charge is 0.370 e. The second kappa shape index (κ2) is 6.21. The van der Waals surface area contributed by atoms with E-state index < -0.39 is 0 Å². The number of nitrogens with zero attached hydrogens (tertiary/aromatic N) is 2. The number of hydrogen-bond donors (Lipinski definition) is 1. The second-order valence-corrected chi connectivity index (χ2v) is 5.52. The van der Waals surface area contributed by atoms with Crippen LogP contribution in [0.1, 0.15) is 13.3 Å². The molecule has 1 aromatic rings. The van der Waals surface area contributed by atoms with Gasteiger partial charge in [-0.2, -0.15) is 0 Å². The first-order valence-electron chi connectivity index (χ1n) is 6.91. The van der Waals surface area contributed by atoms with Crippen molar-refractivity contribution < 1.29 is 0 Å². The standard InChI is InChI=1S/C15H25N3/c1-13-10-17(2)15(8-9-16)12-18(11-13)14-6-4-3-5-7-14/h3-7,13,15H,8-12,16H2,1-2H3. The van der Waals surface area contributed by atoms with Crippen LogP contribution in [-0.4, -0.2) is 44.2 Å². The Kier molecular flexibility index (Phi) is 4.61. The highest BCUT2D eigenvalue weighted by molar-refractivity contribution is 5.46. The van der Waals surface area contributed by atoms with Crippen LogP contribution in [0.4, 0.5) is 5.69 Å². The number of para-hydroxylation sites is 1. The molecule has 1 heterocycles. The molecule has 0 aromatic heterocycles. The summed E-state index contributed by atoms with van der Waals surface area (Å²) in [4.78, 5) is 4.98. The average molecular weight is 247 g/mol. The molecule has 2 rings (SSSR count).